The van der Waals surface area contributed by atoms with Gasteiger partial charge in [0.2, 0.25) is 0 Å². The molecule has 1 unspecified atom stereocenters. The number of esters is 1. The molecular formula is C12H14O3. The highest BCUT2D eigenvalue weighted by molar-refractivity contribution is 5.71. The molecule has 0 saturated carbocycles. The summed E-state index contributed by atoms with van der Waals surface area (Å²) in [5.74, 6) is 1.10. The molecule has 0 bridgehead atoms. The van der Waals surface area contributed by atoms with Gasteiger partial charge in [0.1, 0.15) is 5.75 Å². The lowest BCUT2D eigenvalue weighted by Crippen LogP contribution is -2.03. The van der Waals surface area contributed by atoms with Crippen LogP contribution in [0.2, 0.25) is 0 Å². The van der Waals surface area contributed by atoms with Crippen molar-refractivity contribution in [3.05, 3.63) is 29.8 Å². The lowest BCUT2D eigenvalue weighted by molar-refractivity contribution is -0.137. The summed E-state index contributed by atoms with van der Waals surface area (Å²) in [5, 5.41) is 0. The van der Waals surface area contributed by atoms with E-state index in [1.807, 2.05) is 24.3 Å². The van der Waals surface area contributed by atoms with E-state index in [-0.39, 0.29) is 5.97 Å². The third-order valence-corrected chi connectivity index (χ3v) is 2.59. The number of carbonyl (C=O) groups is 1. The van der Waals surface area contributed by atoms with Gasteiger partial charge in [-0.15, -0.1) is 0 Å². The van der Waals surface area contributed by atoms with Gasteiger partial charge in [-0.3, -0.25) is 4.79 Å². The molecule has 0 spiro atoms. The lowest BCUT2D eigenvalue weighted by atomic mass is 10.1. The van der Waals surface area contributed by atoms with Crippen molar-refractivity contribution in [2.24, 2.45) is 5.92 Å². The summed E-state index contributed by atoms with van der Waals surface area (Å²) in [6.07, 6.45) is 1.42. The predicted octanol–water partition coefficient (Wildman–Crippen LogP) is 1.80. The molecule has 1 saturated heterocycles. The molecule has 3 nitrogen and oxygen atoms in total. The normalized spacial score (nSPS) is 20.1. The summed E-state index contributed by atoms with van der Waals surface area (Å²) in [4.78, 5) is 10.9. The molecule has 0 aliphatic carbocycles. The average Bonchev–Trinajstić information content (AvgIpc) is 2.64. The maximum absolute atomic E-state index is 10.9. The molecule has 15 heavy (non-hydrogen) atoms. The Morgan fingerprint density at radius 3 is 3.07 bits per heavy atom. The number of carbonyl (C=O) groups excluding carboxylic acids is 1. The second kappa shape index (κ2) is 4.34. The number of methoxy groups -OCH3 is 1. The molecule has 0 aromatic heterocycles. The third-order valence-electron chi connectivity index (χ3n) is 2.59. The van der Waals surface area contributed by atoms with Gasteiger partial charge >= 0.3 is 5.97 Å². The predicted molar refractivity (Wildman–Crippen MR) is 55.8 cm³/mol. The maximum Gasteiger partial charge on any atom is 0.306 e. The van der Waals surface area contributed by atoms with E-state index in [1.54, 1.807) is 7.11 Å². The molecule has 0 N–H and O–H groups in total. The zero-order chi connectivity index (χ0) is 10.7. The van der Waals surface area contributed by atoms with Gasteiger partial charge in [0.15, 0.2) is 0 Å². The number of hydrogen-bond donors (Lipinski definition) is 0. The van der Waals surface area contributed by atoms with E-state index in [0.29, 0.717) is 18.9 Å². The molecule has 1 heterocycles. The molecule has 1 aromatic rings. The van der Waals surface area contributed by atoms with Gasteiger partial charge in [-0.25, -0.2) is 0 Å². The van der Waals surface area contributed by atoms with Gasteiger partial charge in [-0.2, -0.15) is 0 Å². The molecule has 80 valence electrons. The fourth-order valence-corrected chi connectivity index (χ4v) is 1.83. The minimum atomic E-state index is -0.0807. The van der Waals surface area contributed by atoms with E-state index < -0.39 is 0 Å². The minimum absolute atomic E-state index is 0.0807. The Morgan fingerprint density at radius 1 is 1.53 bits per heavy atom. The zero-order valence-corrected chi connectivity index (χ0v) is 8.73. The van der Waals surface area contributed by atoms with Crippen LogP contribution in [0.25, 0.3) is 0 Å². The molecule has 1 aromatic carbocycles. The molecule has 1 atom stereocenters. The summed E-state index contributed by atoms with van der Waals surface area (Å²) in [6.45, 7) is 0.552. The van der Waals surface area contributed by atoms with Crippen molar-refractivity contribution in [2.75, 3.05) is 13.7 Å². The quantitative estimate of drug-likeness (QED) is 0.560. The lowest BCUT2D eigenvalue weighted by Gasteiger charge is -2.07. The van der Waals surface area contributed by atoms with E-state index >= 15 is 0 Å². The van der Waals surface area contributed by atoms with Crippen LogP contribution >= 0.6 is 0 Å². The summed E-state index contributed by atoms with van der Waals surface area (Å²) >= 11 is 0. The Labute approximate surface area is 89.0 Å². The van der Waals surface area contributed by atoms with E-state index in [9.17, 15) is 4.79 Å². The molecular weight excluding hydrogens is 193 g/mol. The van der Waals surface area contributed by atoms with Crippen LogP contribution in [0.3, 0.4) is 0 Å². The molecule has 1 aliphatic rings. The minimum Gasteiger partial charge on any atom is -0.497 e. The van der Waals surface area contributed by atoms with Crippen molar-refractivity contribution < 1.29 is 14.3 Å². The van der Waals surface area contributed by atoms with Crippen LogP contribution in [0, 0.1) is 5.92 Å². The Bertz CT molecular complexity index is 360. The smallest absolute Gasteiger partial charge is 0.306 e. The van der Waals surface area contributed by atoms with Crippen molar-refractivity contribution in [1.82, 2.24) is 0 Å². The number of cyclic esters (lactones) is 1. The highest BCUT2D eigenvalue weighted by Gasteiger charge is 2.23. The molecule has 2 rings (SSSR count). The van der Waals surface area contributed by atoms with Gasteiger partial charge in [-0.1, -0.05) is 12.1 Å². The Morgan fingerprint density at radius 2 is 2.40 bits per heavy atom. The first-order valence-corrected chi connectivity index (χ1v) is 5.06. The van der Waals surface area contributed by atoms with Crippen LogP contribution < -0.4 is 4.74 Å². The number of ether oxygens (including phenoxy) is 2. The van der Waals surface area contributed by atoms with Gasteiger partial charge in [-0.05, 0) is 24.1 Å². The second-order valence-electron chi connectivity index (χ2n) is 3.81. The molecule has 3 heteroatoms. The monoisotopic (exact) mass is 207 g/mol. The van der Waals surface area contributed by atoms with E-state index in [2.05, 4.69) is 0 Å². The average molecular weight is 207 g/mol. The summed E-state index contributed by atoms with van der Waals surface area (Å²) in [6, 6.07) is 7.93. The summed E-state index contributed by atoms with van der Waals surface area (Å²) in [5.41, 5.74) is 1.19. The van der Waals surface area contributed by atoms with Crippen molar-refractivity contribution in [2.45, 2.75) is 12.8 Å². The van der Waals surface area contributed by atoms with Crippen LogP contribution in [-0.2, 0) is 16.0 Å². The van der Waals surface area contributed by atoms with Gasteiger partial charge in [0.05, 0.1) is 20.1 Å². The first-order valence-electron chi connectivity index (χ1n) is 5.06. The highest BCUT2D eigenvalue weighted by atomic mass is 16.5. The first-order chi connectivity index (χ1) is 7.28. The first kappa shape index (κ1) is 10.0. The molecule has 0 radical (unpaired) electrons. The Balaban J connectivity index is 2.01. The van der Waals surface area contributed by atoms with Crippen molar-refractivity contribution in [3.8, 4) is 5.75 Å². The van der Waals surface area contributed by atoms with E-state index in [0.717, 1.165) is 12.2 Å². The van der Waals surface area contributed by atoms with Crippen LogP contribution in [0.4, 0.5) is 0 Å². The van der Waals surface area contributed by atoms with Crippen LogP contribution in [0.5, 0.6) is 5.75 Å². The van der Waals surface area contributed by atoms with Crippen molar-refractivity contribution >= 4 is 5.97 Å². The van der Waals surface area contributed by atoms with Crippen LogP contribution in [0.15, 0.2) is 24.3 Å². The molecule has 1 fully saturated rings. The Kier molecular flexibility index (Phi) is 2.90. The van der Waals surface area contributed by atoms with Gasteiger partial charge in [0.25, 0.3) is 0 Å². The van der Waals surface area contributed by atoms with E-state index in [1.165, 1.54) is 5.56 Å². The standard InChI is InChI=1S/C12H14O3/c1-14-11-4-2-3-9(6-11)5-10-7-12(13)15-8-10/h2-4,6,10H,5,7-8H2,1H3/i5+1. The number of hydrogen-bond acceptors (Lipinski definition) is 3. The highest BCUT2D eigenvalue weighted by Crippen LogP contribution is 2.21. The molecule has 0 amide bonds. The van der Waals surface area contributed by atoms with Gasteiger partial charge in [0, 0.05) is 5.92 Å². The number of benzene rings is 1. The fraction of sp³-hybridized carbons (Fsp3) is 0.417. The Hall–Kier alpha value is -1.51. The van der Waals surface area contributed by atoms with Crippen molar-refractivity contribution in [3.63, 3.8) is 0 Å². The second-order valence-corrected chi connectivity index (χ2v) is 3.81. The SMILES string of the molecule is COc1cccc([13CH2]C2COC(=O)C2)c1. The van der Waals surface area contributed by atoms with Crippen LogP contribution in [-0.4, -0.2) is 19.7 Å². The maximum atomic E-state index is 10.9. The third kappa shape index (κ3) is 2.49. The van der Waals surface area contributed by atoms with Crippen molar-refractivity contribution in [1.29, 1.82) is 0 Å². The molecule has 1 aliphatic heterocycles. The van der Waals surface area contributed by atoms with E-state index in [4.69, 9.17) is 9.47 Å². The topological polar surface area (TPSA) is 35.5 Å². The fourth-order valence-electron chi connectivity index (χ4n) is 1.83. The summed E-state index contributed by atoms with van der Waals surface area (Å²) in [7, 11) is 1.65. The summed E-state index contributed by atoms with van der Waals surface area (Å²) < 4.78 is 10.1. The zero-order valence-electron chi connectivity index (χ0n) is 8.73. The number of rotatable bonds is 3. The van der Waals surface area contributed by atoms with Gasteiger partial charge < -0.3 is 9.47 Å². The largest absolute Gasteiger partial charge is 0.497 e. The van der Waals surface area contributed by atoms with Crippen LogP contribution in [0.1, 0.15) is 12.0 Å².